The maximum Gasteiger partial charge on any atom is 0.246 e. The van der Waals surface area contributed by atoms with Gasteiger partial charge in [0, 0.05) is 31.7 Å². The highest BCUT2D eigenvalue weighted by atomic mass is 79.9. The lowest BCUT2D eigenvalue weighted by Gasteiger charge is -2.18. The van der Waals surface area contributed by atoms with Crippen molar-refractivity contribution in [1.29, 1.82) is 0 Å². The molecular weight excluding hydrogens is 294 g/mol. The summed E-state index contributed by atoms with van der Waals surface area (Å²) in [5, 5.41) is 4.68. The summed E-state index contributed by atoms with van der Waals surface area (Å²) in [4.78, 5) is 0.256. The number of hydrogen-bond acceptors (Lipinski definition) is 3. The van der Waals surface area contributed by atoms with E-state index in [0.29, 0.717) is 13.1 Å². The number of hydrogen-bond donors (Lipinski definition) is 0. The number of aromatic nitrogens is 2. The maximum atomic E-state index is 12.1. The van der Waals surface area contributed by atoms with Gasteiger partial charge in [-0.15, -0.1) is 0 Å². The van der Waals surface area contributed by atoms with Crippen LogP contribution in [-0.2, 0) is 17.1 Å². The van der Waals surface area contributed by atoms with E-state index in [9.17, 15) is 8.42 Å². The molecule has 0 aliphatic rings. The zero-order chi connectivity index (χ0) is 12.2. The van der Waals surface area contributed by atoms with Crippen molar-refractivity contribution in [2.24, 2.45) is 7.05 Å². The molecule has 16 heavy (non-hydrogen) atoms. The van der Waals surface area contributed by atoms with E-state index < -0.39 is 10.0 Å². The van der Waals surface area contributed by atoms with Crippen LogP contribution in [0.5, 0.6) is 0 Å². The van der Waals surface area contributed by atoms with Crippen LogP contribution >= 0.6 is 15.9 Å². The highest BCUT2D eigenvalue weighted by molar-refractivity contribution is 9.09. The van der Waals surface area contributed by atoms with Crippen LogP contribution in [-0.4, -0.2) is 40.9 Å². The fraction of sp³-hybridized carbons (Fsp3) is 0.667. The number of rotatable bonds is 6. The Bertz CT molecular complexity index is 430. The first-order chi connectivity index (χ1) is 7.52. The lowest BCUT2D eigenvalue weighted by atomic mass is 10.5. The highest BCUT2D eigenvalue weighted by Gasteiger charge is 2.23. The summed E-state index contributed by atoms with van der Waals surface area (Å²) < 4.78 is 27.2. The van der Waals surface area contributed by atoms with Gasteiger partial charge in [-0.2, -0.15) is 9.40 Å². The lowest BCUT2D eigenvalue weighted by molar-refractivity contribution is 0.428. The molecule has 0 spiro atoms. The Morgan fingerprint density at radius 3 is 2.69 bits per heavy atom. The molecule has 0 bridgehead atoms. The molecule has 5 nitrogen and oxygen atoms in total. The molecule has 0 saturated heterocycles. The number of alkyl halides is 1. The van der Waals surface area contributed by atoms with Crippen molar-refractivity contribution < 1.29 is 8.42 Å². The van der Waals surface area contributed by atoms with Gasteiger partial charge < -0.3 is 0 Å². The molecule has 0 unspecified atom stereocenters. The molecular formula is C9H16BrN3O2S. The second kappa shape index (κ2) is 5.79. The quantitative estimate of drug-likeness (QED) is 0.742. The highest BCUT2D eigenvalue weighted by Crippen LogP contribution is 2.14. The van der Waals surface area contributed by atoms with Crippen LogP contribution in [0.1, 0.15) is 13.3 Å². The molecule has 7 heteroatoms. The summed E-state index contributed by atoms with van der Waals surface area (Å²) in [5.74, 6) is 0. The molecule has 1 rings (SSSR count). The van der Waals surface area contributed by atoms with Crippen LogP contribution in [0.2, 0.25) is 0 Å². The van der Waals surface area contributed by atoms with Crippen molar-refractivity contribution in [1.82, 2.24) is 14.1 Å². The lowest BCUT2D eigenvalue weighted by Crippen LogP contribution is -2.31. The Morgan fingerprint density at radius 2 is 2.25 bits per heavy atom. The van der Waals surface area contributed by atoms with Gasteiger partial charge in [0.05, 0.1) is 6.20 Å². The van der Waals surface area contributed by atoms with E-state index in [1.807, 2.05) is 6.92 Å². The van der Waals surface area contributed by atoms with Crippen LogP contribution in [0.25, 0.3) is 0 Å². The summed E-state index contributed by atoms with van der Waals surface area (Å²) in [7, 11) is -1.67. The largest absolute Gasteiger partial charge is 0.274 e. The molecule has 0 radical (unpaired) electrons. The average Bonchev–Trinajstić information content (AvgIpc) is 2.66. The third-order valence-corrected chi connectivity index (χ3v) is 4.70. The second-order valence-corrected chi connectivity index (χ2v) is 6.12. The number of halogens is 1. The Kier molecular flexibility index (Phi) is 4.94. The van der Waals surface area contributed by atoms with Crippen LogP contribution in [0.3, 0.4) is 0 Å². The third-order valence-electron chi connectivity index (χ3n) is 2.21. The summed E-state index contributed by atoms with van der Waals surface area (Å²) in [6.07, 6.45) is 3.70. The van der Waals surface area contributed by atoms with Crippen molar-refractivity contribution in [2.75, 3.05) is 18.4 Å². The minimum Gasteiger partial charge on any atom is -0.274 e. The van der Waals surface area contributed by atoms with Gasteiger partial charge in [0.2, 0.25) is 10.0 Å². The van der Waals surface area contributed by atoms with Gasteiger partial charge in [-0.3, -0.25) is 4.68 Å². The SMILES string of the molecule is CCN(CCCBr)S(=O)(=O)c1cnn(C)c1. The molecule has 1 aromatic rings. The molecule has 92 valence electrons. The fourth-order valence-corrected chi connectivity index (χ4v) is 3.09. The van der Waals surface area contributed by atoms with E-state index in [1.165, 1.54) is 21.4 Å². The van der Waals surface area contributed by atoms with E-state index >= 15 is 0 Å². The topological polar surface area (TPSA) is 55.2 Å². The molecule has 0 atom stereocenters. The zero-order valence-electron chi connectivity index (χ0n) is 9.43. The van der Waals surface area contributed by atoms with Crippen molar-refractivity contribution in [3.8, 4) is 0 Å². The Hall–Kier alpha value is -0.400. The van der Waals surface area contributed by atoms with Crippen LogP contribution < -0.4 is 0 Å². The molecule has 0 aromatic carbocycles. The minimum atomic E-state index is -3.37. The molecule has 0 amide bonds. The van der Waals surface area contributed by atoms with Crippen molar-refractivity contribution in [3.63, 3.8) is 0 Å². The molecule has 0 saturated carbocycles. The van der Waals surface area contributed by atoms with E-state index in [2.05, 4.69) is 21.0 Å². The molecule has 1 heterocycles. The van der Waals surface area contributed by atoms with Crippen molar-refractivity contribution >= 4 is 26.0 Å². The summed E-state index contributed by atoms with van der Waals surface area (Å²) in [6, 6.07) is 0. The van der Waals surface area contributed by atoms with Gasteiger partial charge in [0.15, 0.2) is 0 Å². The van der Waals surface area contributed by atoms with Crippen LogP contribution in [0, 0.1) is 0 Å². The number of aryl methyl sites for hydroxylation is 1. The van der Waals surface area contributed by atoms with Gasteiger partial charge >= 0.3 is 0 Å². The molecule has 0 aliphatic carbocycles. The fourth-order valence-electron chi connectivity index (χ4n) is 1.37. The molecule has 0 N–H and O–H groups in total. The van der Waals surface area contributed by atoms with Gasteiger partial charge in [-0.05, 0) is 6.42 Å². The number of nitrogens with zero attached hydrogens (tertiary/aromatic N) is 3. The summed E-state index contributed by atoms with van der Waals surface area (Å²) >= 11 is 3.30. The standard InChI is InChI=1S/C9H16BrN3O2S/c1-3-13(6-4-5-10)16(14,15)9-7-11-12(2)8-9/h7-8H,3-6H2,1-2H3. The number of sulfonamides is 1. The first-order valence-corrected chi connectivity index (χ1v) is 7.63. The Labute approximate surface area is 105 Å². The van der Waals surface area contributed by atoms with Gasteiger partial charge in [-0.25, -0.2) is 8.42 Å². The predicted molar refractivity (Wildman–Crippen MR) is 66.1 cm³/mol. The summed E-state index contributed by atoms with van der Waals surface area (Å²) in [6.45, 7) is 2.84. The average molecular weight is 310 g/mol. The molecule has 0 aliphatic heterocycles. The van der Waals surface area contributed by atoms with Crippen LogP contribution in [0.15, 0.2) is 17.3 Å². The van der Waals surface area contributed by atoms with Crippen LogP contribution in [0.4, 0.5) is 0 Å². The summed E-state index contributed by atoms with van der Waals surface area (Å²) in [5.41, 5.74) is 0. The predicted octanol–water partition coefficient (Wildman–Crippen LogP) is 1.22. The molecule has 1 aromatic heterocycles. The van der Waals surface area contributed by atoms with Crippen molar-refractivity contribution in [3.05, 3.63) is 12.4 Å². The van der Waals surface area contributed by atoms with Gasteiger partial charge in [-0.1, -0.05) is 22.9 Å². The van der Waals surface area contributed by atoms with E-state index in [0.717, 1.165) is 11.8 Å². The first-order valence-electron chi connectivity index (χ1n) is 5.07. The Balaban J connectivity index is 2.90. The molecule has 0 fully saturated rings. The smallest absolute Gasteiger partial charge is 0.246 e. The van der Waals surface area contributed by atoms with Gasteiger partial charge in [0.25, 0.3) is 0 Å². The van der Waals surface area contributed by atoms with E-state index in [-0.39, 0.29) is 4.90 Å². The van der Waals surface area contributed by atoms with Gasteiger partial charge in [0.1, 0.15) is 4.90 Å². The first kappa shape index (κ1) is 13.7. The minimum absolute atomic E-state index is 0.256. The Morgan fingerprint density at radius 1 is 1.56 bits per heavy atom. The normalized spacial score (nSPS) is 12.2. The maximum absolute atomic E-state index is 12.1. The second-order valence-electron chi connectivity index (χ2n) is 3.39. The third kappa shape index (κ3) is 3.05. The van der Waals surface area contributed by atoms with E-state index in [4.69, 9.17) is 0 Å². The monoisotopic (exact) mass is 309 g/mol. The zero-order valence-corrected chi connectivity index (χ0v) is 11.8. The van der Waals surface area contributed by atoms with E-state index in [1.54, 1.807) is 7.05 Å². The van der Waals surface area contributed by atoms with Crippen molar-refractivity contribution in [2.45, 2.75) is 18.2 Å².